The van der Waals surface area contributed by atoms with Gasteiger partial charge in [-0.05, 0) is 53.0 Å². The predicted octanol–water partition coefficient (Wildman–Crippen LogP) is 3.98. The Morgan fingerprint density at radius 1 is 1.30 bits per heavy atom. The third-order valence-corrected chi connectivity index (χ3v) is 5.40. The number of hydrogen-bond acceptors (Lipinski definition) is 4. The topological polar surface area (TPSA) is 61.8 Å². The van der Waals surface area contributed by atoms with E-state index in [1.165, 1.54) is 12.7 Å². The lowest BCUT2D eigenvalue weighted by molar-refractivity contribution is 0.0934. The van der Waals surface area contributed by atoms with Gasteiger partial charge in [-0.2, -0.15) is 0 Å². The third-order valence-electron chi connectivity index (χ3n) is 4.76. The lowest BCUT2D eigenvalue weighted by Crippen LogP contribution is -2.39. The predicted molar refractivity (Wildman–Crippen MR) is 112 cm³/mol. The van der Waals surface area contributed by atoms with Crippen LogP contribution in [0.25, 0.3) is 0 Å². The molecule has 1 aliphatic rings. The summed E-state index contributed by atoms with van der Waals surface area (Å²) < 4.78 is 5.69. The minimum absolute atomic E-state index is 0. The number of ether oxygens (including phenoxy) is 1. The average Bonchev–Trinajstić information content (AvgIpc) is 3.09. The number of aromatic hydroxyl groups is 1. The fourth-order valence-corrected chi connectivity index (χ4v) is 3.72. The van der Waals surface area contributed by atoms with Crippen molar-refractivity contribution in [3.05, 3.63) is 58.1 Å². The second-order valence-corrected chi connectivity index (χ2v) is 7.29. The number of carbonyl (C=O) groups excluding carboxylic acids is 1. The van der Waals surface area contributed by atoms with E-state index in [1.54, 1.807) is 12.1 Å². The Morgan fingerprint density at radius 3 is 2.74 bits per heavy atom. The SMILES string of the molecule is COc1ccc(Br)c(O)c1C(=O)NCC1CCCN1Cc1ccccc1.Cl. The molecular formula is C20H24BrClN2O3. The fraction of sp³-hybridized carbons (Fsp3) is 0.350. The number of rotatable bonds is 6. The van der Waals surface area contributed by atoms with E-state index in [0.717, 1.165) is 25.9 Å². The second kappa shape index (κ2) is 9.97. The molecule has 27 heavy (non-hydrogen) atoms. The molecule has 2 aromatic carbocycles. The maximum atomic E-state index is 12.6. The molecule has 2 aromatic rings. The molecule has 2 N–H and O–H groups in total. The summed E-state index contributed by atoms with van der Waals surface area (Å²) in [6.07, 6.45) is 2.17. The molecule has 0 bridgehead atoms. The van der Waals surface area contributed by atoms with Crippen LogP contribution >= 0.6 is 28.3 Å². The smallest absolute Gasteiger partial charge is 0.258 e. The van der Waals surface area contributed by atoms with Gasteiger partial charge in [-0.15, -0.1) is 12.4 Å². The molecule has 1 unspecified atom stereocenters. The Morgan fingerprint density at radius 2 is 2.04 bits per heavy atom. The molecule has 1 amide bonds. The van der Waals surface area contributed by atoms with Crippen molar-refractivity contribution < 1.29 is 14.6 Å². The molecule has 0 aromatic heterocycles. The van der Waals surface area contributed by atoms with Crippen molar-refractivity contribution in [1.82, 2.24) is 10.2 Å². The molecule has 1 heterocycles. The van der Waals surface area contributed by atoms with Gasteiger partial charge >= 0.3 is 0 Å². The molecular weight excluding hydrogens is 432 g/mol. The fourth-order valence-electron chi connectivity index (χ4n) is 3.39. The van der Waals surface area contributed by atoms with Crippen LogP contribution in [0.2, 0.25) is 0 Å². The van der Waals surface area contributed by atoms with Gasteiger partial charge in [0, 0.05) is 19.1 Å². The molecule has 5 nitrogen and oxygen atoms in total. The van der Waals surface area contributed by atoms with Crippen molar-refractivity contribution >= 4 is 34.2 Å². The van der Waals surface area contributed by atoms with Gasteiger partial charge in [-0.25, -0.2) is 0 Å². The van der Waals surface area contributed by atoms with Crippen LogP contribution in [-0.2, 0) is 6.54 Å². The summed E-state index contributed by atoms with van der Waals surface area (Å²) in [7, 11) is 1.48. The first-order valence-corrected chi connectivity index (χ1v) is 9.51. The second-order valence-electron chi connectivity index (χ2n) is 6.44. The lowest BCUT2D eigenvalue weighted by Gasteiger charge is -2.25. The number of methoxy groups -OCH3 is 1. The van der Waals surface area contributed by atoms with Crippen molar-refractivity contribution in [3.8, 4) is 11.5 Å². The van der Waals surface area contributed by atoms with Crippen LogP contribution in [-0.4, -0.2) is 42.2 Å². The number of phenolic OH excluding ortho intramolecular Hbond substituents is 1. The zero-order valence-corrected chi connectivity index (χ0v) is 17.6. The van der Waals surface area contributed by atoms with E-state index in [4.69, 9.17) is 4.74 Å². The van der Waals surface area contributed by atoms with Gasteiger partial charge in [-0.1, -0.05) is 30.3 Å². The van der Waals surface area contributed by atoms with Crippen molar-refractivity contribution in [2.24, 2.45) is 0 Å². The van der Waals surface area contributed by atoms with Gasteiger partial charge in [0.25, 0.3) is 5.91 Å². The number of hydrogen-bond donors (Lipinski definition) is 2. The molecule has 0 saturated carbocycles. The summed E-state index contributed by atoms with van der Waals surface area (Å²) in [5.41, 5.74) is 1.44. The third kappa shape index (κ3) is 5.15. The minimum Gasteiger partial charge on any atom is -0.506 e. The Hall–Kier alpha value is -1.76. The molecule has 1 fully saturated rings. The van der Waals surface area contributed by atoms with E-state index in [2.05, 4.69) is 38.3 Å². The van der Waals surface area contributed by atoms with Crippen molar-refractivity contribution in [3.63, 3.8) is 0 Å². The number of halogens is 2. The maximum Gasteiger partial charge on any atom is 0.258 e. The van der Waals surface area contributed by atoms with Gasteiger partial charge in [-0.3, -0.25) is 9.69 Å². The summed E-state index contributed by atoms with van der Waals surface area (Å²) in [5, 5.41) is 13.2. The van der Waals surface area contributed by atoms with E-state index < -0.39 is 0 Å². The number of nitrogens with zero attached hydrogens (tertiary/aromatic N) is 1. The van der Waals surface area contributed by atoms with Gasteiger partial charge in [0.1, 0.15) is 17.1 Å². The van der Waals surface area contributed by atoms with Crippen LogP contribution in [0, 0.1) is 0 Å². The van der Waals surface area contributed by atoms with Crippen LogP contribution in [0.1, 0.15) is 28.8 Å². The van der Waals surface area contributed by atoms with Crippen LogP contribution < -0.4 is 10.1 Å². The first kappa shape index (κ1) is 21.5. The van der Waals surface area contributed by atoms with Gasteiger partial charge in [0.2, 0.25) is 0 Å². The van der Waals surface area contributed by atoms with Crippen LogP contribution in [0.5, 0.6) is 11.5 Å². The zero-order valence-electron chi connectivity index (χ0n) is 15.2. The number of amides is 1. The monoisotopic (exact) mass is 454 g/mol. The highest BCUT2D eigenvalue weighted by Gasteiger charge is 2.26. The summed E-state index contributed by atoms with van der Waals surface area (Å²) in [6, 6.07) is 14.0. The molecule has 146 valence electrons. The summed E-state index contributed by atoms with van der Waals surface area (Å²) in [5.74, 6) is -0.0719. The van der Waals surface area contributed by atoms with E-state index in [9.17, 15) is 9.90 Å². The Labute approximate surface area is 174 Å². The Bertz CT molecular complexity index is 773. The zero-order chi connectivity index (χ0) is 18.5. The highest BCUT2D eigenvalue weighted by atomic mass is 79.9. The largest absolute Gasteiger partial charge is 0.506 e. The van der Waals surface area contributed by atoms with Crippen LogP contribution in [0.3, 0.4) is 0 Å². The first-order valence-electron chi connectivity index (χ1n) is 8.71. The molecule has 1 aliphatic heterocycles. The number of likely N-dealkylation sites (tertiary alicyclic amines) is 1. The van der Waals surface area contributed by atoms with E-state index in [0.29, 0.717) is 22.8 Å². The first-order chi connectivity index (χ1) is 12.6. The summed E-state index contributed by atoms with van der Waals surface area (Å²) in [6.45, 7) is 2.45. The molecule has 0 spiro atoms. The molecule has 0 radical (unpaired) electrons. The lowest BCUT2D eigenvalue weighted by atomic mass is 10.1. The van der Waals surface area contributed by atoms with Crippen molar-refractivity contribution in [1.29, 1.82) is 0 Å². The number of nitrogens with one attached hydrogen (secondary N) is 1. The highest BCUT2D eigenvalue weighted by Crippen LogP contribution is 2.34. The number of benzene rings is 2. The van der Waals surface area contributed by atoms with Crippen molar-refractivity contribution in [2.75, 3.05) is 20.2 Å². The Kier molecular flexibility index (Phi) is 7.95. The van der Waals surface area contributed by atoms with E-state index >= 15 is 0 Å². The number of carbonyl (C=O) groups is 1. The van der Waals surface area contributed by atoms with Gasteiger partial charge in [0.15, 0.2) is 0 Å². The maximum absolute atomic E-state index is 12.6. The molecule has 1 atom stereocenters. The highest BCUT2D eigenvalue weighted by molar-refractivity contribution is 9.10. The Balaban J connectivity index is 0.00000261. The molecule has 0 aliphatic carbocycles. The van der Waals surface area contributed by atoms with E-state index in [1.807, 2.05) is 18.2 Å². The quantitative estimate of drug-likeness (QED) is 0.692. The van der Waals surface area contributed by atoms with Gasteiger partial charge in [0.05, 0.1) is 11.6 Å². The van der Waals surface area contributed by atoms with Gasteiger partial charge < -0.3 is 15.2 Å². The van der Waals surface area contributed by atoms with Crippen molar-refractivity contribution in [2.45, 2.75) is 25.4 Å². The van der Waals surface area contributed by atoms with Crippen LogP contribution in [0.15, 0.2) is 46.9 Å². The minimum atomic E-state index is -0.327. The normalized spacial score (nSPS) is 16.6. The summed E-state index contributed by atoms with van der Waals surface area (Å²) >= 11 is 3.25. The van der Waals surface area contributed by atoms with E-state index in [-0.39, 0.29) is 29.6 Å². The number of phenols is 1. The summed E-state index contributed by atoms with van der Waals surface area (Å²) in [4.78, 5) is 15.0. The van der Waals surface area contributed by atoms with Crippen LogP contribution in [0.4, 0.5) is 0 Å². The standard InChI is InChI=1S/C20H23BrN2O3.ClH/c1-26-17-10-9-16(21)19(24)18(17)20(25)22-12-15-8-5-11-23(15)13-14-6-3-2-4-7-14;/h2-4,6-7,9-10,15,24H,5,8,11-13H2,1H3,(H,22,25);1H. The molecule has 7 heteroatoms. The molecule has 3 rings (SSSR count). The molecule has 1 saturated heterocycles. The average molecular weight is 456 g/mol.